The maximum Gasteiger partial charge on any atom is 0.243 e. The van der Waals surface area contributed by atoms with Crippen molar-refractivity contribution in [3.63, 3.8) is 0 Å². The second kappa shape index (κ2) is 8.93. The second-order valence-electron chi connectivity index (χ2n) is 7.35. The van der Waals surface area contributed by atoms with Crippen molar-refractivity contribution >= 4 is 21.6 Å². The van der Waals surface area contributed by atoms with Gasteiger partial charge in [0.15, 0.2) is 0 Å². The lowest BCUT2D eigenvalue weighted by molar-refractivity contribution is -0.133. The Balaban J connectivity index is 2.16. The monoisotopic (exact) mass is 398 g/mol. The van der Waals surface area contributed by atoms with Crippen molar-refractivity contribution in [1.29, 1.82) is 0 Å². The van der Waals surface area contributed by atoms with Crippen LogP contribution in [0.2, 0.25) is 0 Å². The lowest BCUT2D eigenvalue weighted by Gasteiger charge is -2.36. The SMILES string of the molecule is CC(C)Oc1ccc(N(CC(=O)N(C)C2CCCCC2O)S(C)(=O)=O)cc1. The van der Waals surface area contributed by atoms with Gasteiger partial charge in [0.05, 0.1) is 30.2 Å². The van der Waals surface area contributed by atoms with Crippen molar-refractivity contribution in [2.75, 3.05) is 24.2 Å². The van der Waals surface area contributed by atoms with Gasteiger partial charge in [-0.15, -0.1) is 0 Å². The van der Waals surface area contributed by atoms with E-state index in [1.165, 1.54) is 4.90 Å². The van der Waals surface area contributed by atoms with Crippen LogP contribution in [0.1, 0.15) is 39.5 Å². The van der Waals surface area contributed by atoms with Crippen LogP contribution >= 0.6 is 0 Å². The zero-order chi connectivity index (χ0) is 20.2. The molecule has 0 radical (unpaired) electrons. The molecule has 1 aliphatic carbocycles. The van der Waals surface area contributed by atoms with E-state index in [1.807, 2.05) is 13.8 Å². The largest absolute Gasteiger partial charge is 0.491 e. The van der Waals surface area contributed by atoms with Gasteiger partial charge in [-0.3, -0.25) is 9.10 Å². The van der Waals surface area contributed by atoms with Gasteiger partial charge >= 0.3 is 0 Å². The number of carbonyl (C=O) groups is 1. The Morgan fingerprint density at radius 2 is 1.81 bits per heavy atom. The van der Waals surface area contributed by atoms with Gasteiger partial charge in [-0.05, 0) is 51.0 Å². The number of aliphatic hydroxyl groups excluding tert-OH is 1. The van der Waals surface area contributed by atoms with Crippen LogP contribution in [0.3, 0.4) is 0 Å². The highest BCUT2D eigenvalue weighted by atomic mass is 32.2. The van der Waals surface area contributed by atoms with Crippen LogP contribution < -0.4 is 9.04 Å². The molecule has 8 heteroatoms. The lowest BCUT2D eigenvalue weighted by atomic mass is 9.91. The number of ether oxygens (including phenoxy) is 1. The molecule has 1 N–H and O–H groups in total. The summed E-state index contributed by atoms with van der Waals surface area (Å²) in [5, 5.41) is 10.2. The molecule has 1 aliphatic rings. The third-order valence-electron chi connectivity index (χ3n) is 4.76. The summed E-state index contributed by atoms with van der Waals surface area (Å²) in [6.07, 6.45) is 3.81. The van der Waals surface area contributed by atoms with Gasteiger partial charge in [0.1, 0.15) is 12.3 Å². The molecule has 1 fully saturated rings. The van der Waals surface area contributed by atoms with Crippen LogP contribution in [0.5, 0.6) is 5.75 Å². The summed E-state index contributed by atoms with van der Waals surface area (Å²) < 4.78 is 31.2. The van der Waals surface area contributed by atoms with Gasteiger partial charge in [-0.1, -0.05) is 12.8 Å². The Morgan fingerprint density at radius 3 is 2.33 bits per heavy atom. The van der Waals surface area contributed by atoms with Crippen molar-refractivity contribution in [1.82, 2.24) is 4.90 Å². The topological polar surface area (TPSA) is 87.2 Å². The van der Waals surface area contributed by atoms with Crippen LogP contribution in [0.15, 0.2) is 24.3 Å². The summed E-state index contributed by atoms with van der Waals surface area (Å²) in [6.45, 7) is 3.51. The number of amides is 1. The zero-order valence-corrected chi connectivity index (χ0v) is 17.3. The van der Waals surface area contributed by atoms with Crippen LogP contribution in [-0.4, -0.2) is 62.4 Å². The summed E-state index contributed by atoms with van der Waals surface area (Å²) in [7, 11) is -2.02. The number of aliphatic hydroxyl groups is 1. The molecule has 2 rings (SSSR count). The first-order valence-electron chi connectivity index (χ1n) is 9.27. The molecule has 1 aromatic carbocycles. The minimum atomic E-state index is -3.64. The maximum atomic E-state index is 12.7. The summed E-state index contributed by atoms with van der Waals surface area (Å²) in [5.74, 6) is 0.296. The van der Waals surface area contributed by atoms with E-state index >= 15 is 0 Å². The number of hydrogen-bond donors (Lipinski definition) is 1. The Bertz CT molecular complexity index is 733. The fourth-order valence-electron chi connectivity index (χ4n) is 3.33. The molecule has 0 aromatic heterocycles. The second-order valence-corrected chi connectivity index (χ2v) is 9.26. The molecule has 0 heterocycles. The van der Waals surface area contributed by atoms with Crippen LogP contribution in [0, 0.1) is 0 Å². The first-order valence-corrected chi connectivity index (χ1v) is 11.1. The zero-order valence-electron chi connectivity index (χ0n) is 16.5. The normalized spacial score (nSPS) is 20.4. The van der Waals surface area contributed by atoms with E-state index < -0.39 is 16.1 Å². The van der Waals surface area contributed by atoms with Gasteiger partial charge in [-0.25, -0.2) is 8.42 Å². The van der Waals surface area contributed by atoms with E-state index in [0.717, 1.165) is 29.8 Å². The minimum absolute atomic E-state index is 0.0130. The molecular formula is C19H30N2O5S. The molecule has 1 saturated carbocycles. The summed E-state index contributed by atoms with van der Waals surface area (Å²) in [6, 6.07) is 6.36. The van der Waals surface area contributed by atoms with Crippen LogP contribution in [-0.2, 0) is 14.8 Å². The number of rotatable bonds is 7. The van der Waals surface area contributed by atoms with Crippen LogP contribution in [0.25, 0.3) is 0 Å². The van der Waals surface area contributed by atoms with E-state index in [0.29, 0.717) is 17.9 Å². The fraction of sp³-hybridized carbons (Fsp3) is 0.632. The minimum Gasteiger partial charge on any atom is -0.491 e. The Labute approximate surface area is 162 Å². The smallest absolute Gasteiger partial charge is 0.243 e. The predicted octanol–water partition coefficient (Wildman–Crippen LogP) is 2.00. The summed E-state index contributed by atoms with van der Waals surface area (Å²) in [4.78, 5) is 14.2. The van der Waals surface area contributed by atoms with E-state index in [1.54, 1.807) is 31.3 Å². The van der Waals surface area contributed by atoms with Crippen molar-refractivity contribution in [3.05, 3.63) is 24.3 Å². The molecule has 2 atom stereocenters. The third-order valence-corrected chi connectivity index (χ3v) is 5.90. The van der Waals surface area contributed by atoms with E-state index in [4.69, 9.17) is 4.74 Å². The predicted molar refractivity (Wildman–Crippen MR) is 105 cm³/mol. The van der Waals surface area contributed by atoms with Crippen molar-refractivity contribution in [3.8, 4) is 5.75 Å². The van der Waals surface area contributed by atoms with Crippen LogP contribution in [0.4, 0.5) is 5.69 Å². The van der Waals surface area contributed by atoms with Crippen molar-refractivity contribution < 1.29 is 23.1 Å². The fourth-order valence-corrected chi connectivity index (χ4v) is 4.18. The van der Waals surface area contributed by atoms with Gasteiger partial charge in [-0.2, -0.15) is 0 Å². The molecule has 7 nitrogen and oxygen atoms in total. The van der Waals surface area contributed by atoms with E-state index in [9.17, 15) is 18.3 Å². The van der Waals surface area contributed by atoms with Gasteiger partial charge < -0.3 is 14.7 Å². The molecule has 2 unspecified atom stereocenters. The molecular weight excluding hydrogens is 368 g/mol. The summed E-state index contributed by atoms with van der Waals surface area (Å²) >= 11 is 0. The first kappa shape index (κ1) is 21.5. The van der Waals surface area contributed by atoms with E-state index in [-0.39, 0.29) is 24.6 Å². The third kappa shape index (κ3) is 5.84. The van der Waals surface area contributed by atoms with Gasteiger partial charge in [0.2, 0.25) is 15.9 Å². The number of benzene rings is 1. The number of hydrogen-bond acceptors (Lipinski definition) is 5. The molecule has 152 valence electrons. The van der Waals surface area contributed by atoms with Crippen molar-refractivity contribution in [2.45, 2.75) is 57.8 Å². The highest BCUT2D eigenvalue weighted by Crippen LogP contribution is 2.25. The first-order chi connectivity index (χ1) is 12.6. The number of likely N-dealkylation sites (N-methyl/N-ethyl adjacent to an activating group) is 1. The standard InChI is InChI=1S/C19H30N2O5S/c1-14(2)26-16-11-9-15(10-12-16)21(27(4,24)25)13-19(23)20(3)17-7-5-6-8-18(17)22/h9-12,14,17-18,22H,5-8,13H2,1-4H3. The number of anilines is 1. The number of nitrogens with zero attached hydrogens (tertiary/aromatic N) is 2. The molecule has 1 aromatic rings. The van der Waals surface area contributed by atoms with E-state index in [2.05, 4.69) is 0 Å². The Hall–Kier alpha value is -1.80. The number of sulfonamides is 1. The summed E-state index contributed by atoms with van der Waals surface area (Å²) in [5.41, 5.74) is 0.402. The Morgan fingerprint density at radius 1 is 1.22 bits per heavy atom. The molecule has 0 bridgehead atoms. The van der Waals surface area contributed by atoms with Gasteiger partial charge in [0.25, 0.3) is 0 Å². The lowest BCUT2D eigenvalue weighted by Crippen LogP contribution is -2.50. The molecule has 0 spiro atoms. The average Bonchev–Trinajstić information content (AvgIpc) is 2.58. The molecule has 27 heavy (non-hydrogen) atoms. The highest BCUT2D eigenvalue weighted by molar-refractivity contribution is 7.92. The highest BCUT2D eigenvalue weighted by Gasteiger charge is 2.31. The van der Waals surface area contributed by atoms with Crippen molar-refractivity contribution in [2.24, 2.45) is 0 Å². The maximum absolute atomic E-state index is 12.7. The molecule has 0 aliphatic heterocycles. The molecule has 1 amide bonds. The Kier molecular flexibility index (Phi) is 7.11. The molecule has 0 saturated heterocycles. The number of carbonyl (C=O) groups excluding carboxylic acids is 1. The quantitative estimate of drug-likeness (QED) is 0.759. The average molecular weight is 399 g/mol. The van der Waals surface area contributed by atoms with Gasteiger partial charge in [0, 0.05) is 7.05 Å².